The van der Waals surface area contributed by atoms with E-state index in [1.807, 2.05) is 18.2 Å². The van der Waals surface area contributed by atoms with E-state index in [-0.39, 0.29) is 5.56 Å². The number of allylic oxidation sites excluding steroid dienone is 2. The molecule has 0 amide bonds. The van der Waals surface area contributed by atoms with Crippen LogP contribution in [0, 0.1) is 11.3 Å². The number of nitrogens with zero attached hydrogens (tertiary/aromatic N) is 1. The Hall–Kier alpha value is -4.18. The van der Waals surface area contributed by atoms with Crippen molar-refractivity contribution < 1.29 is 22.0 Å². The molecule has 0 unspecified atom stereocenters. The molecule has 0 aliphatic heterocycles. The lowest BCUT2D eigenvalue weighted by Crippen LogP contribution is -2.06. The lowest BCUT2D eigenvalue weighted by Gasteiger charge is -2.11. The van der Waals surface area contributed by atoms with Crippen LogP contribution in [0.3, 0.4) is 0 Å². The summed E-state index contributed by atoms with van der Waals surface area (Å²) in [6.45, 7) is 2.62. The van der Waals surface area contributed by atoms with Crippen LogP contribution in [-0.2, 0) is 12.1 Å². The van der Waals surface area contributed by atoms with Gasteiger partial charge < -0.3 is 5.32 Å². The van der Waals surface area contributed by atoms with Gasteiger partial charge in [-0.2, -0.15) is 18.4 Å². The van der Waals surface area contributed by atoms with E-state index in [2.05, 4.69) is 11.4 Å². The van der Waals surface area contributed by atoms with Gasteiger partial charge in [0.25, 0.3) is 5.92 Å². The number of benzene rings is 3. The van der Waals surface area contributed by atoms with Gasteiger partial charge in [0, 0.05) is 19.5 Å². The van der Waals surface area contributed by atoms with Crippen LogP contribution in [0.2, 0.25) is 0 Å². The lowest BCUT2D eigenvalue weighted by atomic mass is 9.97. The van der Waals surface area contributed by atoms with Crippen molar-refractivity contribution in [2.75, 3.05) is 7.05 Å². The van der Waals surface area contributed by atoms with Crippen molar-refractivity contribution in [1.82, 2.24) is 5.32 Å². The Morgan fingerprint density at radius 2 is 1.24 bits per heavy atom. The molecule has 0 saturated carbocycles. The van der Waals surface area contributed by atoms with E-state index in [9.17, 15) is 27.2 Å². The van der Waals surface area contributed by atoms with Crippen LogP contribution < -0.4 is 5.32 Å². The highest BCUT2D eigenvalue weighted by atomic mass is 19.4. The number of hydrogen-bond acceptors (Lipinski definition) is 2. The maximum Gasteiger partial charge on any atom is 0.416 e. The minimum atomic E-state index is -4.44. The minimum absolute atomic E-state index is 0.0976. The molecule has 0 aliphatic rings. The summed E-state index contributed by atoms with van der Waals surface area (Å²) in [5.74, 6) is -2.96. The predicted molar refractivity (Wildman–Crippen MR) is 139 cm³/mol. The van der Waals surface area contributed by atoms with Crippen molar-refractivity contribution in [3.63, 3.8) is 0 Å². The van der Waals surface area contributed by atoms with E-state index in [1.165, 1.54) is 18.2 Å². The van der Waals surface area contributed by atoms with Crippen LogP contribution in [0.25, 0.3) is 29.9 Å². The number of nitriles is 1. The third-order valence-electron chi connectivity index (χ3n) is 5.69. The van der Waals surface area contributed by atoms with Crippen LogP contribution >= 0.6 is 0 Å². The van der Waals surface area contributed by atoms with Crippen molar-refractivity contribution in [2.45, 2.75) is 25.9 Å². The van der Waals surface area contributed by atoms with Crippen LogP contribution in [-0.4, -0.2) is 7.05 Å². The summed E-state index contributed by atoms with van der Waals surface area (Å²) in [4.78, 5) is 0. The summed E-state index contributed by atoms with van der Waals surface area (Å²) in [6.07, 6.45) is 2.29. The molecule has 0 aliphatic carbocycles. The minimum Gasteiger partial charge on any atom is -0.379 e. The van der Waals surface area contributed by atoms with Gasteiger partial charge in [-0.25, -0.2) is 8.78 Å². The number of alkyl halides is 5. The second-order valence-electron chi connectivity index (χ2n) is 8.55. The molecule has 0 radical (unpaired) electrons. The van der Waals surface area contributed by atoms with Crippen LogP contribution in [0.15, 0.2) is 72.4 Å². The Balaban J connectivity index is 2.04. The Kier molecular flexibility index (Phi) is 8.34. The predicted octanol–water partition coefficient (Wildman–Crippen LogP) is 8.63. The topological polar surface area (TPSA) is 35.8 Å². The third kappa shape index (κ3) is 7.40. The Bertz CT molecular complexity index is 1310. The molecule has 3 aromatic carbocycles. The Labute approximate surface area is 213 Å². The molecule has 2 nitrogen and oxygen atoms in total. The standard InChI is InChI=1S/C30H25F5N2/c1-20(28(19-36)37-3)25-15-23(12-10-21-6-4-8-26(17-21)29(2,31)32)14-24(16-25)13-11-22-7-5-9-27(18-22)30(33,34)35/h4-18,37H,1-3H3/b12-10+,13-11+,28-20+. The van der Waals surface area contributed by atoms with Gasteiger partial charge in [-0.1, -0.05) is 54.6 Å². The first-order valence-electron chi connectivity index (χ1n) is 11.4. The molecular weight excluding hydrogens is 483 g/mol. The molecule has 0 saturated heterocycles. The second-order valence-corrected chi connectivity index (χ2v) is 8.55. The highest BCUT2D eigenvalue weighted by Gasteiger charge is 2.30. The molecule has 0 bridgehead atoms. The molecule has 0 heterocycles. The Morgan fingerprint density at radius 1 is 0.757 bits per heavy atom. The van der Waals surface area contributed by atoms with Gasteiger partial charge in [0.2, 0.25) is 0 Å². The van der Waals surface area contributed by atoms with E-state index < -0.39 is 17.7 Å². The van der Waals surface area contributed by atoms with E-state index in [0.717, 1.165) is 30.2 Å². The zero-order valence-electron chi connectivity index (χ0n) is 20.5. The summed E-state index contributed by atoms with van der Waals surface area (Å²) >= 11 is 0. The lowest BCUT2D eigenvalue weighted by molar-refractivity contribution is -0.137. The zero-order valence-corrected chi connectivity index (χ0v) is 20.5. The fourth-order valence-corrected chi connectivity index (χ4v) is 3.68. The normalized spacial score (nSPS) is 13.1. The van der Waals surface area contributed by atoms with Crippen LogP contribution in [0.5, 0.6) is 0 Å². The second kappa shape index (κ2) is 11.3. The summed E-state index contributed by atoms with van der Waals surface area (Å²) in [5, 5.41) is 12.3. The van der Waals surface area contributed by atoms with Crippen molar-refractivity contribution in [3.8, 4) is 6.07 Å². The fraction of sp³-hybridized carbons (Fsp3) is 0.167. The van der Waals surface area contributed by atoms with Crippen molar-refractivity contribution in [1.29, 1.82) is 5.26 Å². The summed E-state index contributed by atoms with van der Waals surface area (Å²) in [5.41, 5.74) is 3.33. The fourth-order valence-electron chi connectivity index (χ4n) is 3.68. The van der Waals surface area contributed by atoms with Gasteiger partial charge in [-0.05, 0) is 76.7 Å². The molecule has 190 valence electrons. The molecule has 3 aromatic rings. The van der Waals surface area contributed by atoms with Gasteiger partial charge in [-0.3, -0.25) is 0 Å². The van der Waals surface area contributed by atoms with Gasteiger partial charge in [0.1, 0.15) is 11.8 Å². The Morgan fingerprint density at radius 3 is 1.70 bits per heavy atom. The number of hydrogen-bond donors (Lipinski definition) is 1. The number of rotatable bonds is 7. The third-order valence-corrected chi connectivity index (χ3v) is 5.69. The van der Waals surface area contributed by atoms with E-state index in [1.54, 1.807) is 56.5 Å². The number of halogens is 5. The summed E-state index contributed by atoms with van der Waals surface area (Å²) in [7, 11) is 1.64. The molecule has 0 spiro atoms. The molecule has 37 heavy (non-hydrogen) atoms. The average molecular weight is 509 g/mol. The first-order chi connectivity index (χ1) is 17.4. The van der Waals surface area contributed by atoms with Crippen LogP contribution in [0.1, 0.15) is 52.8 Å². The first-order valence-corrected chi connectivity index (χ1v) is 11.4. The van der Waals surface area contributed by atoms with Crippen LogP contribution in [0.4, 0.5) is 22.0 Å². The van der Waals surface area contributed by atoms with E-state index in [0.29, 0.717) is 28.0 Å². The van der Waals surface area contributed by atoms with E-state index >= 15 is 0 Å². The maximum absolute atomic E-state index is 13.7. The van der Waals surface area contributed by atoms with Crippen molar-refractivity contribution >= 4 is 29.9 Å². The van der Waals surface area contributed by atoms with Gasteiger partial charge in [0.05, 0.1) is 5.56 Å². The van der Waals surface area contributed by atoms with E-state index in [4.69, 9.17) is 0 Å². The van der Waals surface area contributed by atoms with Gasteiger partial charge in [0.15, 0.2) is 0 Å². The highest BCUT2D eigenvalue weighted by Crippen LogP contribution is 2.31. The zero-order chi connectivity index (χ0) is 27.2. The van der Waals surface area contributed by atoms with Gasteiger partial charge >= 0.3 is 6.18 Å². The number of nitrogens with one attached hydrogen (secondary N) is 1. The first kappa shape index (κ1) is 27.4. The molecule has 1 N–H and O–H groups in total. The largest absolute Gasteiger partial charge is 0.416 e. The molecule has 0 aromatic heterocycles. The summed E-state index contributed by atoms with van der Waals surface area (Å²) in [6, 6.07) is 18.6. The molecule has 7 heteroatoms. The molecular formula is C30H25F5N2. The highest BCUT2D eigenvalue weighted by molar-refractivity contribution is 5.79. The molecule has 0 fully saturated rings. The molecule has 3 rings (SSSR count). The smallest absolute Gasteiger partial charge is 0.379 e. The van der Waals surface area contributed by atoms with Crippen molar-refractivity contribution in [3.05, 3.63) is 111 Å². The molecule has 0 atom stereocenters. The maximum atomic E-state index is 13.7. The summed E-state index contributed by atoms with van der Waals surface area (Å²) < 4.78 is 66.7. The average Bonchev–Trinajstić information content (AvgIpc) is 2.86. The SMILES string of the molecule is CN/C(C#N)=C(\C)c1cc(/C=C/c2cccc(C(C)(F)F)c2)cc(/C=C/c2cccc(C(F)(F)F)c2)c1. The monoisotopic (exact) mass is 508 g/mol. The quantitative estimate of drug-likeness (QED) is 0.197. The van der Waals surface area contributed by atoms with Crippen molar-refractivity contribution in [2.24, 2.45) is 0 Å². The van der Waals surface area contributed by atoms with Gasteiger partial charge in [-0.15, -0.1) is 0 Å².